The molecule has 1 saturated heterocycles. The number of benzene rings is 4. The maximum atomic E-state index is 13.7. The van der Waals surface area contributed by atoms with E-state index in [1.165, 1.54) is 0 Å². The summed E-state index contributed by atoms with van der Waals surface area (Å²) in [5.74, 6) is -1.38. The van der Waals surface area contributed by atoms with Crippen molar-refractivity contribution in [3.05, 3.63) is 102 Å². The number of fused-ring (bicyclic) bond motifs is 2. The highest BCUT2D eigenvalue weighted by Crippen LogP contribution is 2.58. The molecule has 0 amide bonds. The summed E-state index contributed by atoms with van der Waals surface area (Å²) in [7, 11) is 1.58. The van der Waals surface area contributed by atoms with Gasteiger partial charge < -0.3 is 24.1 Å². The van der Waals surface area contributed by atoms with Crippen molar-refractivity contribution in [2.24, 2.45) is 0 Å². The SMILES string of the molecule is COc1ccc(C2(O)OC(=O)C(C)(c3ccc4c(c3)OCO4)C2c2cccc3ccccc23)cc1. The molecule has 4 aromatic carbocycles. The first kappa shape index (κ1) is 21.5. The van der Waals surface area contributed by atoms with Crippen molar-refractivity contribution in [2.45, 2.75) is 24.0 Å². The fourth-order valence-electron chi connectivity index (χ4n) is 5.40. The van der Waals surface area contributed by atoms with Crippen molar-refractivity contribution in [1.29, 1.82) is 0 Å². The van der Waals surface area contributed by atoms with Crippen LogP contribution in [0.3, 0.4) is 0 Å². The van der Waals surface area contributed by atoms with Crippen LogP contribution >= 0.6 is 0 Å². The number of hydrogen-bond donors (Lipinski definition) is 1. The van der Waals surface area contributed by atoms with Crippen LogP contribution in [0.5, 0.6) is 17.2 Å². The molecule has 6 rings (SSSR count). The number of cyclic esters (lactones) is 1. The third-order valence-electron chi connectivity index (χ3n) is 7.25. The smallest absolute Gasteiger partial charge is 0.319 e. The molecule has 1 fully saturated rings. The molecular formula is C29H24O6. The fourth-order valence-corrected chi connectivity index (χ4v) is 5.40. The second-order valence-corrected chi connectivity index (χ2v) is 9.09. The van der Waals surface area contributed by atoms with Crippen LogP contribution in [0.2, 0.25) is 0 Å². The largest absolute Gasteiger partial charge is 0.497 e. The van der Waals surface area contributed by atoms with Gasteiger partial charge in [-0.05, 0) is 65.2 Å². The normalized spacial score (nSPS) is 25.0. The van der Waals surface area contributed by atoms with Crippen molar-refractivity contribution >= 4 is 16.7 Å². The number of aliphatic hydroxyl groups is 1. The van der Waals surface area contributed by atoms with E-state index in [0.29, 0.717) is 28.4 Å². The molecule has 0 bridgehead atoms. The minimum absolute atomic E-state index is 0.127. The lowest BCUT2D eigenvalue weighted by Crippen LogP contribution is -2.39. The second-order valence-electron chi connectivity index (χ2n) is 9.09. The Morgan fingerprint density at radius 1 is 0.886 bits per heavy atom. The van der Waals surface area contributed by atoms with Crippen molar-refractivity contribution in [1.82, 2.24) is 0 Å². The van der Waals surface area contributed by atoms with Crippen LogP contribution in [0.4, 0.5) is 0 Å². The molecule has 3 unspecified atom stereocenters. The van der Waals surface area contributed by atoms with Gasteiger partial charge in [0.05, 0.1) is 13.0 Å². The van der Waals surface area contributed by atoms with E-state index in [1.54, 1.807) is 37.4 Å². The highest BCUT2D eigenvalue weighted by molar-refractivity contribution is 5.92. The van der Waals surface area contributed by atoms with E-state index in [2.05, 4.69) is 0 Å². The van der Waals surface area contributed by atoms with E-state index < -0.39 is 23.1 Å². The first-order valence-electron chi connectivity index (χ1n) is 11.4. The number of methoxy groups -OCH3 is 1. The number of carbonyl (C=O) groups excluding carboxylic acids is 1. The van der Waals surface area contributed by atoms with Crippen molar-refractivity contribution in [3.8, 4) is 17.2 Å². The zero-order chi connectivity index (χ0) is 24.2. The van der Waals surface area contributed by atoms with E-state index in [-0.39, 0.29) is 6.79 Å². The molecule has 0 radical (unpaired) electrons. The topological polar surface area (TPSA) is 74.2 Å². The number of rotatable bonds is 4. The van der Waals surface area contributed by atoms with Gasteiger partial charge in [0.25, 0.3) is 0 Å². The van der Waals surface area contributed by atoms with Gasteiger partial charge in [0.2, 0.25) is 12.6 Å². The zero-order valence-electron chi connectivity index (χ0n) is 19.4. The fraction of sp³-hybridized carbons (Fsp3) is 0.207. The average molecular weight is 469 g/mol. The van der Waals surface area contributed by atoms with E-state index in [1.807, 2.05) is 61.5 Å². The summed E-state index contributed by atoms with van der Waals surface area (Å²) in [6.07, 6.45) is 0. The highest BCUT2D eigenvalue weighted by Gasteiger charge is 2.64. The Hall–Kier alpha value is -4.03. The average Bonchev–Trinajstić information content (AvgIpc) is 3.44. The molecule has 35 heavy (non-hydrogen) atoms. The molecule has 3 atom stereocenters. The summed E-state index contributed by atoms with van der Waals surface area (Å²) in [6.45, 7) is 1.95. The van der Waals surface area contributed by atoms with Crippen LogP contribution in [0.1, 0.15) is 29.5 Å². The molecule has 0 saturated carbocycles. The van der Waals surface area contributed by atoms with Gasteiger partial charge in [-0.25, -0.2) is 0 Å². The molecule has 0 spiro atoms. The third-order valence-corrected chi connectivity index (χ3v) is 7.25. The lowest BCUT2D eigenvalue weighted by Gasteiger charge is -2.35. The van der Waals surface area contributed by atoms with Crippen LogP contribution in [0.15, 0.2) is 84.9 Å². The number of hydrogen-bond acceptors (Lipinski definition) is 6. The molecule has 2 aliphatic heterocycles. The maximum Gasteiger partial charge on any atom is 0.319 e. The summed E-state index contributed by atoms with van der Waals surface area (Å²) in [5.41, 5.74) is 0.732. The summed E-state index contributed by atoms with van der Waals surface area (Å²) in [4.78, 5) is 13.7. The molecule has 0 aliphatic carbocycles. The van der Waals surface area contributed by atoms with Gasteiger partial charge in [-0.15, -0.1) is 0 Å². The monoisotopic (exact) mass is 468 g/mol. The molecule has 176 valence electrons. The number of ether oxygens (including phenoxy) is 4. The third kappa shape index (κ3) is 3.10. The quantitative estimate of drug-likeness (QED) is 0.424. The molecule has 1 N–H and O–H groups in total. The van der Waals surface area contributed by atoms with Crippen LogP contribution in [-0.2, 0) is 20.7 Å². The zero-order valence-corrected chi connectivity index (χ0v) is 19.4. The van der Waals surface area contributed by atoms with Gasteiger partial charge in [-0.1, -0.05) is 48.5 Å². The number of esters is 1. The maximum absolute atomic E-state index is 13.7. The van der Waals surface area contributed by atoms with E-state index in [4.69, 9.17) is 18.9 Å². The Morgan fingerprint density at radius 2 is 1.60 bits per heavy atom. The van der Waals surface area contributed by atoms with Crippen molar-refractivity contribution < 1.29 is 28.8 Å². The molecular weight excluding hydrogens is 444 g/mol. The lowest BCUT2D eigenvalue weighted by atomic mass is 9.65. The van der Waals surface area contributed by atoms with Crippen LogP contribution in [0, 0.1) is 0 Å². The molecule has 0 aromatic heterocycles. The van der Waals surface area contributed by atoms with E-state index in [9.17, 15) is 9.90 Å². The highest BCUT2D eigenvalue weighted by atomic mass is 16.7. The molecule has 6 nitrogen and oxygen atoms in total. The Morgan fingerprint density at radius 3 is 2.40 bits per heavy atom. The van der Waals surface area contributed by atoms with Crippen LogP contribution in [-0.4, -0.2) is 25.0 Å². The van der Waals surface area contributed by atoms with Gasteiger partial charge >= 0.3 is 5.97 Å². The Kier molecular flexibility index (Phi) is 4.76. The standard InChI is InChI=1S/C29H24O6/c1-28(20-12-15-24-25(16-20)34-17-33-24)26(23-9-5-7-18-6-3-4-8-22(18)23)29(31,35-27(28)30)19-10-13-21(32-2)14-11-19/h3-16,26,31H,17H2,1-2H3. The second kappa shape index (κ2) is 7.75. The lowest BCUT2D eigenvalue weighted by molar-refractivity contribution is -0.198. The predicted molar refractivity (Wildman–Crippen MR) is 130 cm³/mol. The molecule has 6 heteroatoms. The van der Waals surface area contributed by atoms with Crippen molar-refractivity contribution in [3.63, 3.8) is 0 Å². The van der Waals surface area contributed by atoms with Gasteiger partial charge in [0, 0.05) is 5.56 Å². The Balaban J connectivity index is 1.61. The minimum Gasteiger partial charge on any atom is -0.497 e. The minimum atomic E-state index is -1.92. The summed E-state index contributed by atoms with van der Waals surface area (Å²) < 4.78 is 22.3. The van der Waals surface area contributed by atoms with Gasteiger partial charge in [-0.3, -0.25) is 4.79 Å². The predicted octanol–water partition coefficient (Wildman–Crippen LogP) is 5.02. The van der Waals surface area contributed by atoms with E-state index >= 15 is 0 Å². The summed E-state index contributed by atoms with van der Waals surface area (Å²) in [5, 5.41) is 14.2. The van der Waals surface area contributed by atoms with Gasteiger partial charge in [0.15, 0.2) is 11.5 Å². The number of carbonyl (C=O) groups is 1. The molecule has 2 heterocycles. The first-order valence-corrected chi connectivity index (χ1v) is 11.4. The van der Waals surface area contributed by atoms with Gasteiger partial charge in [0.1, 0.15) is 11.2 Å². The van der Waals surface area contributed by atoms with Crippen LogP contribution in [0.25, 0.3) is 10.8 Å². The molecule has 4 aromatic rings. The summed E-state index contributed by atoms with van der Waals surface area (Å²) >= 11 is 0. The van der Waals surface area contributed by atoms with Crippen molar-refractivity contribution in [2.75, 3.05) is 13.9 Å². The first-order chi connectivity index (χ1) is 16.9. The Bertz CT molecular complexity index is 1440. The molecule has 2 aliphatic rings. The Labute approximate surface area is 202 Å². The van der Waals surface area contributed by atoms with Crippen LogP contribution < -0.4 is 14.2 Å². The summed E-state index contributed by atoms with van der Waals surface area (Å²) in [6, 6.07) is 26.2. The van der Waals surface area contributed by atoms with Gasteiger partial charge in [-0.2, -0.15) is 0 Å². The van der Waals surface area contributed by atoms with E-state index in [0.717, 1.165) is 16.3 Å².